The van der Waals surface area contributed by atoms with Gasteiger partial charge in [0.25, 0.3) is 0 Å². The van der Waals surface area contributed by atoms with Crippen molar-refractivity contribution in [2.24, 2.45) is 5.41 Å². The molecule has 1 fully saturated rings. The molecule has 1 aliphatic carbocycles. The normalized spacial score (nSPS) is 24.6. The standard InChI is InChI=1S/C15H24N2O.C2H6/c1-11-12-7-8-15(2,3)10-13(12)16-17(11)14-6-4-5-9-18-14;1-2/h14H,4-10H2,1-3H3;1-2H3. The van der Waals surface area contributed by atoms with Crippen LogP contribution in [-0.4, -0.2) is 16.4 Å². The average molecular weight is 278 g/mol. The van der Waals surface area contributed by atoms with Crippen LogP contribution in [0.25, 0.3) is 0 Å². The van der Waals surface area contributed by atoms with Gasteiger partial charge in [0.1, 0.15) is 6.23 Å². The first-order chi connectivity index (χ1) is 9.57. The van der Waals surface area contributed by atoms with Gasteiger partial charge in [-0.2, -0.15) is 5.10 Å². The summed E-state index contributed by atoms with van der Waals surface area (Å²) in [5.41, 5.74) is 4.56. The summed E-state index contributed by atoms with van der Waals surface area (Å²) < 4.78 is 8.03. The van der Waals surface area contributed by atoms with E-state index in [-0.39, 0.29) is 6.23 Å². The van der Waals surface area contributed by atoms with Crippen LogP contribution < -0.4 is 0 Å². The number of nitrogens with zero attached hydrogens (tertiary/aromatic N) is 2. The zero-order valence-electron chi connectivity index (χ0n) is 13.8. The molecule has 20 heavy (non-hydrogen) atoms. The van der Waals surface area contributed by atoms with Gasteiger partial charge in [0.05, 0.1) is 5.69 Å². The van der Waals surface area contributed by atoms with Gasteiger partial charge in [0.15, 0.2) is 0 Å². The highest BCUT2D eigenvalue weighted by Gasteiger charge is 2.31. The molecule has 1 saturated heterocycles. The van der Waals surface area contributed by atoms with E-state index in [1.54, 1.807) is 0 Å². The Hall–Kier alpha value is -0.830. The number of hydrogen-bond acceptors (Lipinski definition) is 2. The average Bonchev–Trinajstić information content (AvgIpc) is 2.77. The Kier molecular flexibility index (Phi) is 4.90. The molecule has 3 nitrogen and oxygen atoms in total. The molecule has 2 heterocycles. The molecule has 0 amide bonds. The molecule has 1 aliphatic heterocycles. The van der Waals surface area contributed by atoms with Gasteiger partial charge in [-0.05, 0) is 56.4 Å². The molecule has 1 unspecified atom stereocenters. The van der Waals surface area contributed by atoms with Crippen molar-refractivity contribution in [3.63, 3.8) is 0 Å². The minimum Gasteiger partial charge on any atom is -0.357 e. The number of aromatic nitrogens is 2. The van der Waals surface area contributed by atoms with Gasteiger partial charge in [0.2, 0.25) is 0 Å². The second-order valence-corrected chi connectivity index (χ2v) is 6.62. The van der Waals surface area contributed by atoms with E-state index in [0.717, 1.165) is 19.4 Å². The molecule has 0 N–H and O–H groups in total. The maximum atomic E-state index is 5.87. The van der Waals surface area contributed by atoms with Gasteiger partial charge >= 0.3 is 0 Å². The molecule has 3 heteroatoms. The van der Waals surface area contributed by atoms with Crippen LogP contribution in [0.4, 0.5) is 0 Å². The molecule has 1 aromatic heterocycles. The van der Waals surface area contributed by atoms with Crippen LogP contribution in [0.1, 0.15) is 76.6 Å². The quantitative estimate of drug-likeness (QED) is 0.759. The third-order valence-corrected chi connectivity index (χ3v) is 4.48. The Morgan fingerprint density at radius 1 is 1.25 bits per heavy atom. The maximum Gasteiger partial charge on any atom is 0.150 e. The zero-order valence-corrected chi connectivity index (χ0v) is 13.8. The molecule has 3 rings (SSSR count). The van der Waals surface area contributed by atoms with E-state index < -0.39 is 0 Å². The van der Waals surface area contributed by atoms with Gasteiger partial charge in [-0.25, -0.2) is 4.68 Å². The van der Waals surface area contributed by atoms with Crippen molar-refractivity contribution in [1.29, 1.82) is 0 Å². The highest BCUT2D eigenvalue weighted by atomic mass is 16.5. The highest BCUT2D eigenvalue weighted by molar-refractivity contribution is 5.29. The van der Waals surface area contributed by atoms with Crippen LogP contribution in [0.5, 0.6) is 0 Å². The summed E-state index contributed by atoms with van der Waals surface area (Å²) in [6.07, 6.45) is 7.34. The number of hydrogen-bond donors (Lipinski definition) is 0. The van der Waals surface area contributed by atoms with Crippen molar-refractivity contribution >= 4 is 0 Å². The highest BCUT2D eigenvalue weighted by Crippen LogP contribution is 2.37. The molecule has 1 atom stereocenters. The summed E-state index contributed by atoms with van der Waals surface area (Å²) in [4.78, 5) is 0. The lowest BCUT2D eigenvalue weighted by Gasteiger charge is -2.28. The topological polar surface area (TPSA) is 27.1 Å². The van der Waals surface area contributed by atoms with Crippen molar-refractivity contribution in [3.8, 4) is 0 Å². The van der Waals surface area contributed by atoms with Crippen molar-refractivity contribution < 1.29 is 4.74 Å². The Balaban J connectivity index is 0.000000704. The second-order valence-electron chi connectivity index (χ2n) is 6.62. The number of ether oxygens (including phenoxy) is 1. The third kappa shape index (κ3) is 3.08. The summed E-state index contributed by atoms with van der Waals surface area (Å²) in [5, 5.41) is 4.86. The predicted molar refractivity (Wildman–Crippen MR) is 83.0 cm³/mol. The Morgan fingerprint density at radius 2 is 2.00 bits per heavy atom. The summed E-state index contributed by atoms with van der Waals surface area (Å²) in [7, 11) is 0. The molecule has 2 aliphatic rings. The predicted octanol–water partition coefficient (Wildman–Crippen LogP) is 4.43. The molecule has 0 spiro atoms. The van der Waals surface area contributed by atoms with Crippen molar-refractivity contribution in [2.75, 3.05) is 6.61 Å². The smallest absolute Gasteiger partial charge is 0.150 e. The van der Waals surface area contributed by atoms with E-state index in [9.17, 15) is 0 Å². The Labute approximate surface area is 123 Å². The van der Waals surface area contributed by atoms with Crippen LogP contribution in [-0.2, 0) is 17.6 Å². The molecule has 0 bridgehead atoms. The van der Waals surface area contributed by atoms with Crippen molar-refractivity contribution in [1.82, 2.24) is 9.78 Å². The molecule has 0 saturated carbocycles. The number of rotatable bonds is 1. The van der Waals surface area contributed by atoms with Crippen LogP contribution in [0, 0.1) is 12.3 Å². The lowest BCUT2D eigenvalue weighted by molar-refractivity contribution is -0.0409. The first-order valence-electron chi connectivity index (χ1n) is 8.25. The summed E-state index contributed by atoms with van der Waals surface area (Å²) in [5.74, 6) is 0. The first-order valence-corrected chi connectivity index (χ1v) is 8.25. The lowest BCUT2D eigenvalue weighted by Crippen LogP contribution is -2.22. The fourth-order valence-corrected chi connectivity index (χ4v) is 3.28. The molecular formula is C17H30N2O. The minimum absolute atomic E-state index is 0.187. The van der Waals surface area contributed by atoms with E-state index in [1.165, 1.54) is 42.6 Å². The molecule has 0 radical (unpaired) electrons. The number of fused-ring (bicyclic) bond motifs is 1. The Bertz CT molecular complexity index is 442. The van der Waals surface area contributed by atoms with Crippen LogP contribution in [0.3, 0.4) is 0 Å². The lowest BCUT2D eigenvalue weighted by atomic mass is 9.76. The van der Waals surface area contributed by atoms with Crippen LogP contribution in [0.2, 0.25) is 0 Å². The third-order valence-electron chi connectivity index (χ3n) is 4.48. The van der Waals surface area contributed by atoms with Gasteiger partial charge in [-0.15, -0.1) is 0 Å². The second kappa shape index (κ2) is 6.30. The van der Waals surface area contributed by atoms with Gasteiger partial charge < -0.3 is 4.74 Å². The van der Waals surface area contributed by atoms with Gasteiger partial charge in [-0.1, -0.05) is 27.7 Å². The van der Waals surface area contributed by atoms with Crippen molar-refractivity contribution in [3.05, 3.63) is 17.0 Å². The molecular weight excluding hydrogens is 248 g/mol. The molecule has 0 aromatic carbocycles. The van der Waals surface area contributed by atoms with Gasteiger partial charge in [0, 0.05) is 12.3 Å². The van der Waals surface area contributed by atoms with E-state index in [4.69, 9.17) is 9.84 Å². The van der Waals surface area contributed by atoms with Crippen LogP contribution in [0.15, 0.2) is 0 Å². The SMILES string of the molecule is CC.Cc1c2c(nn1C1CCCCO1)CC(C)(C)CC2. The van der Waals surface area contributed by atoms with Crippen molar-refractivity contribution in [2.45, 2.75) is 79.4 Å². The maximum absolute atomic E-state index is 5.87. The monoisotopic (exact) mass is 278 g/mol. The van der Waals surface area contributed by atoms with E-state index in [0.29, 0.717) is 5.41 Å². The zero-order chi connectivity index (χ0) is 14.8. The fourth-order valence-electron chi connectivity index (χ4n) is 3.28. The van der Waals surface area contributed by atoms with Gasteiger partial charge in [-0.3, -0.25) is 0 Å². The molecule has 114 valence electrons. The molecule has 1 aromatic rings. The van der Waals surface area contributed by atoms with E-state index in [1.807, 2.05) is 13.8 Å². The van der Waals surface area contributed by atoms with E-state index in [2.05, 4.69) is 25.5 Å². The minimum atomic E-state index is 0.187. The summed E-state index contributed by atoms with van der Waals surface area (Å²) >= 11 is 0. The first kappa shape index (κ1) is 15.6. The van der Waals surface area contributed by atoms with E-state index >= 15 is 0 Å². The fraction of sp³-hybridized carbons (Fsp3) is 0.824. The largest absolute Gasteiger partial charge is 0.357 e. The summed E-state index contributed by atoms with van der Waals surface area (Å²) in [6.45, 7) is 11.8. The van der Waals surface area contributed by atoms with Crippen LogP contribution >= 0.6 is 0 Å². The Morgan fingerprint density at radius 3 is 2.65 bits per heavy atom. The summed E-state index contributed by atoms with van der Waals surface area (Å²) in [6, 6.07) is 0.